The van der Waals surface area contributed by atoms with Gasteiger partial charge >= 0.3 is 0 Å². The summed E-state index contributed by atoms with van der Waals surface area (Å²) >= 11 is 11.8. The molecule has 0 fully saturated rings. The molecule has 1 aromatic heterocycles. The number of hydrogen-bond donors (Lipinski definition) is 1. The molecule has 0 saturated heterocycles. The number of amides is 1. The summed E-state index contributed by atoms with van der Waals surface area (Å²) in [5.41, 5.74) is 2.28. The summed E-state index contributed by atoms with van der Waals surface area (Å²) in [6.45, 7) is 1.97. The maximum absolute atomic E-state index is 12.2. The predicted octanol–water partition coefficient (Wildman–Crippen LogP) is 5.30. The molecule has 2 aromatic carbocycles. The zero-order valence-corrected chi connectivity index (χ0v) is 12.6. The van der Waals surface area contributed by atoms with Gasteiger partial charge < -0.3 is 9.73 Å². The standard InChI is InChI=1S/C16H11Cl2NO2/c1-9-2-3-10-5-15(21-14(10)4-9)16(20)19-13-7-11(17)6-12(18)8-13/h2-8H,1H3,(H,19,20). The number of rotatable bonds is 2. The van der Waals surface area contributed by atoms with Gasteiger partial charge in [0.2, 0.25) is 0 Å². The van der Waals surface area contributed by atoms with E-state index >= 15 is 0 Å². The molecule has 3 aromatic rings. The number of carbonyl (C=O) groups excluding carboxylic acids is 1. The first-order valence-corrected chi connectivity index (χ1v) is 7.04. The Hall–Kier alpha value is -1.97. The van der Waals surface area contributed by atoms with Crippen molar-refractivity contribution in [3.8, 4) is 0 Å². The number of benzene rings is 2. The van der Waals surface area contributed by atoms with E-state index in [-0.39, 0.29) is 11.7 Å². The van der Waals surface area contributed by atoms with Crippen LogP contribution in [0.3, 0.4) is 0 Å². The van der Waals surface area contributed by atoms with Crippen LogP contribution in [0.4, 0.5) is 5.69 Å². The molecule has 0 spiro atoms. The summed E-state index contributed by atoms with van der Waals surface area (Å²) in [6.07, 6.45) is 0. The second-order valence-electron chi connectivity index (χ2n) is 4.76. The first-order valence-electron chi connectivity index (χ1n) is 6.29. The van der Waals surface area contributed by atoms with Gasteiger partial charge in [-0.1, -0.05) is 35.3 Å². The summed E-state index contributed by atoms with van der Waals surface area (Å²) in [5, 5.41) is 4.51. The lowest BCUT2D eigenvalue weighted by Crippen LogP contribution is -2.10. The minimum absolute atomic E-state index is 0.242. The second kappa shape index (κ2) is 5.43. The first kappa shape index (κ1) is 14.0. The third-order valence-corrected chi connectivity index (χ3v) is 3.46. The molecule has 0 unspecified atom stereocenters. The van der Waals surface area contributed by atoms with Crippen LogP contribution in [0.1, 0.15) is 16.1 Å². The van der Waals surface area contributed by atoms with E-state index in [9.17, 15) is 4.79 Å². The maximum Gasteiger partial charge on any atom is 0.291 e. The van der Waals surface area contributed by atoms with Gasteiger partial charge in [0.1, 0.15) is 5.58 Å². The van der Waals surface area contributed by atoms with Gasteiger partial charge in [0.05, 0.1) is 0 Å². The number of halogens is 2. The molecule has 1 N–H and O–H groups in total. The lowest BCUT2D eigenvalue weighted by Gasteiger charge is -2.04. The molecule has 0 saturated carbocycles. The van der Waals surface area contributed by atoms with Crippen LogP contribution in [-0.2, 0) is 0 Å². The third kappa shape index (κ3) is 3.04. The number of anilines is 1. The minimum atomic E-state index is -0.345. The monoisotopic (exact) mass is 319 g/mol. The number of fused-ring (bicyclic) bond motifs is 1. The molecular weight excluding hydrogens is 309 g/mol. The maximum atomic E-state index is 12.2. The van der Waals surface area contributed by atoms with Crippen molar-refractivity contribution in [1.82, 2.24) is 0 Å². The van der Waals surface area contributed by atoms with Crippen molar-refractivity contribution in [3.05, 3.63) is 63.8 Å². The normalized spacial score (nSPS) is 10.8. The van der Waals surface area contributed by atoms with E-state index in [1.807, 2.05) is 25.1 Å². The van der Waals surface area contributed by atoms with E-state index < -0.39 is 0 Å². The molecule has 1 amide bonds. The quantitative estimate of drug-likeness (QED) is 0.696. The van der Waals surface area contributed by atoms with Crippen LogP contribution in [0.15, 0.2) is 46.9 Å². The predicted molar refractivity (Wildman–Crippen MR) is 85.4 cm³/mol. The van der Waals surface area contributed by atoms with Crippen LogP contribution in [0.2, 0.25) is 10.0 Å². The van der Waals surface area contributed by atoms with Crippen molar-refractivity contribution in [1.29, 1.82) is 0 Å². The Morgan fingerprint density at radius 2 is 1.76 bits per heavy atom. The minimum Gasteiger partial charge on any atom is -0.451 e. The van der Waals surface area contributed by atoms with Crippen molar-refractivity contribution >= 4 is 45.8 Å². The van der Waals surface area contributed by atoms with Crippen molar-refractivity contribution in [2.75, 3.05) is 5.32 Å². The van der Waals surface area contributed by atoms with Gasteiger partial charge in [0, 0.05) is 21.1 Å². The fraction of sp³-hybridized carbons (Fsp3) is 0.0625. The number of carbonyl (C=O) groups is 1. The molecule has 3 nitrogen and oxygen atoms in total. The van der Waals surface area contributed by atoms with Gasteiger partial charge in [-0.05, 0) is 42.8 Å². The number of nitrogens with one attached hydrogen (secondary N) is 1. The van der Waals surface area contributed by atoms with Crippen LogP contribution < -0.4 is 5.32 Å². The van der Waals surface area contributed by atoms with Crippen LogP contribution in [-0.4, -0.2) is 5.91 Å². The fourth-order valence-corrected chi connectivity index (χ4v) is 2.60. The van der Waals surface area contributed by atoms with E-state index in [4.69, 9.17) is 27.6 Å². The molecule has 0 bridgehead atoms. The molecule has 0 atom stereocenters. The van der Waals surface area contributed by atoms with Crippen molar-refractivity contribution in [2.45, 2.75) is 6.92 Å². The Morgan fingerprint density at radius 3 is 2.48 bits per heavy atom. The molecule has 1 heterocycles. The highest BCUT2D eigenvalue weighted by molar-refractivity contribution is 6.35. The number of aryl methyl sites for hydroxylation is 1. The summed E-state index contributed by atoms with van der Waals surface area (Å²) in [7, 11) is 0. The van der Waals surface area contributed by atoms with Crippen molar-refractivity contribution < 1.29 is 9.21 Å². The van der Waals surface area contributed by atoms with E-state index in [1.165, 1.54) is 0 Å². The van der Waals surface area contributed by atoms with Gasteiger partial charge in [-0.15, -0.1) is 0 Å². The summed E-state index contributed by atoms with van der Waals surface area (Å²) in [4.78, 5) is 12.2. The Morgan fingerprint density at radius 1 is 1.05 bits per heavy atom. The Bertz CT molecular complexity index is 819. The lowest BCUT2D eigenvalue weighted by molar-refractivity contribution is 0.0998. The molecule has 0 radical (unpaired) electrons. The third-order valence-electron chi connectivity index (χ3n) is 3.02. The average molecular weight is 320 g/mol. The fourth-order valence-electron chi connectivity index (χ4n) is 2.07. The first-order chi connectivity index (χ1) is 10.0. The van der Waals surface area contributed by atoms with Gasteiger partial charge in [0.15, 0.2) is 5.76 Å². The van der Waals surface area contributed by atoms with E-state index in [1.54, 1.807) is 24.3 Å². The zero-order valence-electron chi connectivity index (χ0n) is 11.1. The smallest absolute Gasteiger partial charge is 0.291 e. The summed E-state index contributed by atoms with van der Waals surface area (Å²) < 4.78 is 5.57. The van der Waals surface area contributed by atoms with E-state index in [0.717, 1.165) is 10.9 Å². The molecule has 3 rings (SSSR count). The van der Waals surface area contributed by atoms with Gasteiger partial charge in [0.25, 0.3) is 5.91 Å². The molecule has 21 heavy (non-hydrogen) atoms. The molecule has 0 aliphatic rings. The molecule has 0 aliphatic heterocycles. The highest BCUT2D eigenvalue weighted by Crippen LogP contribution is 2.24. The number of hydrogen-bond acceptors (Lipinski definition) is 2. The van der Waals surface area contributed by atoms with Gasteiger partial charge in [-0.2, -0.15) is 0 Å². The summed E-state index contributed by atoms with van der Waals surface area (Å²) in [5.74, 6) is -0.103. The Balaban J connectivity index is 1.89. The van der Waals surface area contributed by atoms with Crippen LogP contribution in [0, 0.1) is 6.92 Å². The van der Waals surface area contributed by atoms with E-state index in [2.05, 4.69) is 5.32 Å². The SMILES string of the molecule is Cc1ccc2cc(C(=O)Nc3cc(Cl)cc(Cl)c3)oc2c1. The lowest BCUT2D eigenvalue weighted by atomic mass is 10.2. The second-order valence-corrected chi connectivity index (χ2v) is 5.64. The largest absolute Gasteiger partial charge is 0.451 e. The summed E-state index contributed by atoms with van der Waals surface area (Å²) in [6, 6.07) is 12.3. The van der Waals surface area contributed by atoms with Gasteiger partial charge in [-0.3, -0.25) is 4.79 Å². The molecular formula is C16H11Cl2NO2. The van der Waals surface area contributed by atoms with Crippen molar-refractivity contribution in [2.24, 2.45) is 0 Å². The molecule has 0 aliphatic carbocycles. The van der Waals surface area contributed by atoms with Crippen LogP contribution in [0.25, 0.3) is 11.0 Å². The zero-order chi connectivity index (χ0) is 15.0. The van der Waals surface area contributed by atoms with Crippen LogP contribution in [0.5, 0.6) is 0 Å². The van der Waals surface area contributed by atoms with Crippen LogP contribution >= 0.6 is 23.2 Å². The average Bonchev–Trinajstić information content (AvgIpc) is 2.80. The topological polar surface area (TPSA) is 42.2 Å². The highest BCUT2D eigenvalue weighted by atomic mass is 35.5. The molecule has 106 valence electrons. The van der Waals surface area contributed by atoms with E-state index in [0.29, 0.717) is 21.3 Å². The van der Waals surface area contributed by atoms with Gasteiger partial charge in [-0.25, -0.2) is 0 Å². The Labute approximate surface area is 131 Å². The molecule has 5 heteroatoms. The number of furan rings is 1. The highest BCUT2D eigenvalue weighted by Gasteiger charge is 2.13. The Kier molecular flexibility index (Phi) is 3.62. The van der Waals surface area contributed by atoms with Crippen molar-refractivity contribution in [3.63, 3.8) is 0 Å².